The van der Waals surface area contributed by atoms with Crippen molar-refractivity contribution in [3.05, 3.63) is 29.1 Å². The summed E-state index contributed by atoms with van der Waals surface area (Å²) >= 11 is 0. The number of nitrogens with zero attached hydrogens (tertiary/aromatic N) is 1. The third kappa shape index (κ3) is 2.44. The van der Waals surface area contributed by atoms with Crippen molar-refractivity contribution in [2.45, 2.75) is 39.0 Å². The summed E-state index contributed by atoms with van der Waals surface area (Å²) in [6.07, 6.45) is 6.28. The topological polar surface area (TPSA) is 30.0 Å². The molecule has 0 spiro atoms. The quantitative estimate of drug-likeness (QED) is 0.704. The zero-order valence-electron chi connectivity index (χ0n) is 9.36. The molecule has 1 aliphatic rings. The number of aromatic nitrogens is 1. The predicted octanol–water partition coefficient (Wildman–Crippen LogP) is 2.97. The lowest BCUT2D eigenvalue weighted by atomic mass is 10.0. The van der Waals surface area contributed by atoms with Crippen LogP contribution in [0.15, 0.2) is 12.3 Å². The maximum Gasteiger partial charge on any atom is 0.151 e. The van der Waals surface area contributed by atoms with E-state index in [2.05, 4.69) is 18.8 Å². The number of pyridine rings is 1. The first-order valence-corrected chi connectivity index (χ1v) is 5.64. The van der Waals surface area contributed by atoms with Gasteiger partial charge in [0.2, 0.25) is 0 Å². The van der Waals surface area contributed by atoms with E-state index >= 15 is 0 Å². The molecule has 2 nitrogen and oxygen atoms in total. The van der Waals surface area contributed by atoms with E-state index in [9.17, 15) is 4.79 Å². The molecule has 0 saturated heterocycles. The lowest BCUT2D eigenvalue weighted by Crippen LogP contribution is -2.03. The maximum atomic E-state index is 11.0. The second-order valence-electron chi connectivity index (χ2n) is 4.79. The van der Waals surface area contributed by atoms with Gasteiger partial charge in [-0.1, -0.05) is 13.8 Å². The first-order chi connectivity index (χ1) is 7.20. The molecule has 0 amide bonds. The fraction of sp³-hybridized carbons (Fsp3) is 0.538. The molecule has 0 bridgehead atoms. The van der Waals surface area contributed by atoms with E-state index in [1.165, 1.54) is 18.4 Å². The van der Waals surface area contributed by atoms with E-state index in [1.807, 2.05) is 12.3 Å². The van der Waals surface area contributed by atoms with Crippen LogP contribution in [0.3, 0.4) is 0 Å². The molecule has 0 atom stereocenters. The van der Waals surface area contributed by atoms with Gasteiger partial charge in [-0.2, -0.15) is 0 Å². The monoisotopic (exact) mass is 203 g/mol. The second-order valence-corrected chi connectivity index (χ2v) is 4.79. The number of carbonyl (C=O) groups excluding carboxylic acids is 1. The van der Waals surface area contributed by atoms with Crippen LogP contribution in [-0.4, -0.2) is 11.3 Å². The van der Waals surface area contributed by atoms with Crippen LogP contribution in [0.25, 0.3) is 0 Å². The highest BCUT2D eigenvalue weighted by Crippen LogP contribution is 2.40. The summed E-state index contributed by atoms with van der Waals surface area (Å²) in [6.45, 7) is 4.29. The first-order valence-electron chi connectivity index (χ1n) is 5.64. The number of rotatable bonds is 4. The molecule has 2 rings (SSSR count). The van der Waals surface area contributed by atoms with Crippen molar-refractivity contribution in [1.29, 1.82) is 0 Å². The van der Waals surface area contributed by atoms with Crippen LogP contribution in [0.2, 0.25) is 0 Å². The SMILES string of the molecule is CC(C)Cc1ncc(C2CC2)cc1C=O. The fourth-order valence-electron chi connectivity index (χ4n) is 1.83. The van der Waals surface area contributed by atoms with E-state index in [0.29, 0.717) is 11.8 Å². The van der Waals surface area contributed by atoms with Crippen molar-refractivity contribution < 1.29 is 4.79 Å². The molecule has 1 saturated carbocycles. The normalized spacial score (nSPS) is 15.7. The molecule has 2 heteroatoms. The molecular weight excluding hydrogens is 186 g/mol. The van der Waals surface area contributed by atoms with Gasteiger partial charge >= 0.3 is 0 Å². The Morgan fingerprint density at radius 3 is 2.80 bits per heavy atom. The number of aldehydes is 1. The van der Waals surface area contributed by atoms with Gasteiger partial charge in [-0.25, -0.2) is 0 Å². The van der Waals surface area contributed by atoms with Gasteiger partial charge in [0, 0.05) is 11.8 Å². The van der Waals surface area contributed by atoms with Crippen LogP contribution in [0.4, 0.5) is 0 Å². The molecule has 15 heavy (non-hydrogen) atoms. The van der Waals surface area contributed by atoms with Gasteiger partial charge in [0.05, 0.1) is 5.69 Å². The van der Waals surface area contributed by atoms with Crippen LogP contribution in [0.5, 0.6) is 0 Å². The van der Waals surface area contributed by atoms with Gasteiger partial charge in [-0.05, 0) is 42.7 Å². The third-order valence-electron chi connectivity index (χ3n) is 2.80. The molecule has 1 aromatic heterocycles. The first kappa shape index (κ1) is 10.3. The van der Waals surface area contributed by atoms with Crippen LogP contribution in [0.1, 0.15) is 54.2 Å². The van der Waals surface area contributed by atoms with Crippen LogP contribution in [-0.2, 0) is 6.42 Å². The zero-order chi connectivity index (χ0) is 10.8. The van der Waals surface area contributed by atoms with Crippen LogP contribution in [0, 0.1) is 5.92 Å². The maximum absolute atomic E-state index is 11.0. The van der Waals surface area contributed by atoms with Gasteiger partial charge in [0.25, 0.3) is 0 Å². The molecule has 1 fully saturated rings. The minimum atomic E-state index is 0.544. The molecule has 0 aromatic carbocycles. The Balaban J connectivity index is 2.26. The van der Waals surface area contributed by atoms with E-state index in [-0.39, 0.29) is 0 Å². The Morgan fingerprint density at radius 1 is 1.53 bits per heavy atom. The number of hydrogen-bond donors (Lipinski definition) is 0. The summed E-state index contributed by atoms with van der Waals surface area (Å²) in [7, 11) is 0. The Hall–Kier alpha value is -1.18. The fourth-order valence-corrected chi connectivity index (χ4v) is 1.83. The molecule has 1 aliphatic carbocycles. The zero-order valence-corrected chi connectivity index (χ0v) is 9.36. The molecule has 1 aromatic rings. The van der Waals surface area contributed by atoms with Crippen molar-refractivity contribution in [2.24, 2.45) is 5.92 Å². The van der Waals surface area contributed by atoms with E-state index in [4.69, 9.17) is 0 Å². The standard InChI is InChI=1S/C13H17NO/c1-9(2)5-13-12(8-15)6-11(7-14-13)10-3-4-10/h6-10H,3-5H2,1-2H3. The van der Waals surface area contributed by atoms with E-state index < -0.39 is 0 Å². The average Bonchev–Trinajstić information content (AvgIpc) is 3.01. The smallest absolute Gasteiger partial charge is 0.151 e. The molecule has 0 unspecified atom stereocenters. The van der Waals surface area contributed by atoms with Crippen molar-refractivity contribution in [1.82, 2.24) is 4.98 Å². The Labute approximate surface area is 90.7 Å². The molecule has 80 valence electrons. The molecule has 0 radical (unpaired) electrons. The summed E-state index contributed by atoms with van der Waals surface area (Å²) in [5.74, 6) is 1.22. The summed E-state index contributed by atoms with van der Waals surface area (Å²) in [5, 5.41) is 0. The summed E-state index contributed by atoms with van der Waals surface area (Å²) in [5.41, 5.74) is 2.97. The Morgan fingerprint density at radius 2 is 2.27 bits per heavy atom. The molecule has 0 aliphatic heterocycles. The van der Waals surface area contributed by atoms with E-state index in [0.717, 1.165) is 24.0 Å². The van der Waals surface area contributed by atoms with Gasteiger partial charge in [0.1, 0.15) is 0 Å². The Kier molecular flexibility index (Phi) is 2.85. The lowest BCUT2D eigenvalue weighted by Gasteiger charge is -2.08. The minimum Gasteiger partial charge on any atom is -0.298 e. The largest absolute Gasteiger partial charge is 0.298 e. The van der Waals surface area contributed by atoms with Gasteiger partial charge < -0.3 is 0 Å². The highest BCUT2D eigenvalue weighted by molar-refractivity contribution is 5.76. The molecular formula is C13H17NO. The average molecular weight is 203 g/mol. The van der Waals surface area contributed by atoms with Gasteiger partial charge in [0.15, 0.2) is 6.29 Å². The summed E-state index contributed by atoms with van der Waals surface area (Å²) in [6, 6.07) is 2.02. The van der Waals surface area contributed by atoms with Gasteiger partial charge in [-0.3, -0.25) is 9.78 Å². The number of carbonyl (C=O) groups is 1. The van der Waals surface area contributed by atoms with Crippen molar-refractivity contribution in [3.63, 3.8) is 0 Å². The predicted molar refractivity (Wildman–Crippen MR) is 60.1 cm³/mol. The van der Waals surface area contributed by atoms with Crippen molar-refractivity contribution in [2.75, 3.05) is 0 Å². The summed E-state index contributed by atoms with van der Waals surface area (Å²) in [4.78, 5) is 15.4. The number of hydrogen-bond acceptors (Lipinski definition) is 2. The van der Waals surface area contributed by atoms with Crippen molar-refractivity contribution >= 4 is 6.29 Å². The molecule has 1 heterocycles. The highest BCUT2D eigenvalue weighted by atomic mass is 16.1. The minimum absolute atomic E-state index is 0.544. The lowest BCUT2D eigenvalue weighted by molar-refractivity contribution is 0.112. The highest BCUT2D eigenvalue weighted by Gasteiger charge is 2.24. The Bertz CT molecular complexity index is 367. The van der Waals surface area contributed by atoms with E-state index in [1.54, 1.807) is 0 Å². The van der Waals surface area contributed by atoms with Crippen molar-refractivity contribution in [3.8, 4) is 0 Å². The molecule has 0 N–H and O–H groups in total. The van der Waals surface area contributed by atoms with Crippen LogP contribution >= 0.6 is 0 Å². The second kappa shape index (κ2) is 4.13. The van der Waals surface area contributed by atoms with Crippen LogP contribution < -0.4 is 0 Å². The van der Waals surface area contributed by atoms with Gasteiger partial charge in [-0.15, -0.1) is 0 Å². The third-order valence-corrected chi connectivity index (χ3v) is 2.80. The summed E-state index contributed by atoms with van der Waals surface area (Å²) < 4.78 is 0.